The fraction of sp³-hybridized carbons (Fsp3) is 0.192. The molecule has 0 bridgehead atoms. The molecule has 6 nitrogen and oxygen atoms in total. The third kappa shape index (κ3) is 4.34. The number of carbonyl (C=O) groups excluding carboxylic acids is 1. The number of hydrogen-bond donors (Lipinski definition) is 0. The van der Waals surface area contributed by atoms with Gasteiger partial charge < -0.3 is 13.9 Å². The predicted octanol–water partition coefficient (Wildman–Crippen LogP) is 6.05. The third-order valence-electron chi connectivity index (χ3n) is 5.37. The Morgan fingerprint density at radius 2 is 1.82 bits per heavy atom. The zero-order valence-corrected chi connectivity index (χ0v) is 19.4. The second kappa shape index (κ2) is 9.08. The Morgan fingerprint density at radius 3 is 2.52 bits per heavy atom. The van der Waals surface area contributed by atoms with Crippen LogP contribution in [-0.4, -0.2) is 18.1 Å². The van der Waals surface area contributed by atoms with Gasteiger partial charge in [-0.3, -0.25) is 4.79 Å². The summed E-state index contributed by atoms with van der Waals surface area (Å²) in [6.45, 7) is 5.47. The molecule has 0 saturated heterocycles. The highest BCUT2D eigenvalue weighted by Crippen LogP contribution is 2.33. The number of nitrogens with zero attached hydrogens (tertiary/aromatic N) is 1. The quantitative estimate of drug-likeness (QED) is 0.265. The molecule has 33 heavy (non-hydrogen) atoms. The number of fused-ring (bicyclic) bond motifs is 1. The number of ether oxygens (including phenoxy) is 2. The van der Waals surface area contributed by atoms with E-state index in [9.17, 15) is 9.59 Å². The van der Waals surface area contributed by atoms with E-state index in [0.29, 0.717) is 27.9 Å². The Labute approximate surface area is 195 Å². The van der Waals surface area contributed by atoms with Crippen molar-refractivity contribution >= 4 is 28.5 Å². The molecule has 0 unspecified atom stereocenters. The molecular formula is C26H22ClNO5. The monoisotopic (exact) mass is 463 g/mol. The van der Waals surface area contributed by atoms with Crippen LogP contribution in [0.4, 0.5) is 0 Å². The van der Waals surface area contributed by atoms with Crippen LogP contribution in [0.3, 0.4) is 0 Å². The SMILES string of the molecule is COC(=O)c1nc(Cl)ccc1O[C@H](C)c1cc(C)cc2c(=O)c(C)c(-c3ccccc3)oc12. The van der Waals surface area contributed by atoms with Crippen molar-refractivity contribution in [3.8, 4) is 17.1 Å². The molecule has 0 spiro atoms. The van der Waals surface area contributed by atoms with Gasteiger partial charge in [0.2, 0.25) is 0 Å². The van der Waals surface area contributed by atoms with Crippen molar-refractivity contribution in [2.45, 2.75) is 26.9 Å². The molecule has 2 aromatic carbocycles. The number of rotatable bonds is 5. The molecule has 4 rings (SSSR count). The van der Waals surface area contributed by atoms with E-state index >= 15 is 0 Å². The number of carbonyl (C=O) groups is 1. The number of hydrogen-bond acceptors (Lipinski definition) is 6. The van der Waals surface area contributed by atoms with Gasteiger partial charge in [0.05, 0.1) is 12.5 Å². The first-order chi connectivity index (χ1) is 15.8. The molecule has 0 aliphatic rings. The van der Waals surface area contributed by atoms with Crippen molar-refractivity contribution in [3.63, 3.8) is 0 Å². The van der Waals surface area contributed by atoms with Gasteiger partial charge >= 0.3 is 5.97 Å². The second-order valence-corrected chi connectivity index (χ2v) is 8.10. The Morgan fingerprint density at radius 1 is 1.09 bits per heavy atom. The van der Waals surface area contributed by atoms with Gasteiger partial charge in [0.25, 0.3) is 0 Å². The van der Waals surface area contributed by atoms with Gasteiger partial charge in [0.15, 0.2) is 16.9 Å². The molecule has 7 heteroatoms. The minimum absolute atomic E-state index is 0.0314. The molecule has 0 N–H and O–H groups in total. The summed E-state index contributed by atoms with van der Waals surface area (Å²) < 4.78 is 17.2. The van der Waals surface area contributed by atoms with E-state index in [1.54, 1.807) is 13.0 Å². The van der Waals surface area contributed by atoms with Crippen molar-refractivity contribution in [2.24, 2.45) is 0 Å². The van der Waals surface area contributed by atoms with Crippen LogP contribution in [0.15, 0.2) is 63.8 Å². The van der Waals surface area contributed by atoms with Crippen LogP contribution in [0, 0.1) is 13.8 Å². The van der Waals surface area contributed by atoms with Gasteiger partial charge in [-0.1, -0.05) is 41.9 Å². The maximum atomic E-state index is 13.2. The van der Waals surface area contributed by atoms with E-state index in [2.05, 4.69) is 4.98 Å². The standard InChI is InChI=1S/C26H22ClNO5/c1-14-12-18(16(3)32-20-10-11-21(27)28-22(20)26(30)31-4)25-19(13-14)23(29)15(2)24(33-25)17-8-6-5-7-9-17/h5-13,16H,1-4H3/t16-/m1/s1. The highest BCUT2D eigenvalue weighted by atomic mass is 35.5. The lowest BCUT2D eigenvalue weighted by atomic mass is 10.00. The van der Waals surface area contributed by atoms with Crippen LogP contribution in [0.1, 0.15) is 40.2 Å². The summed E-state index contributed by atoms with van der Waals surface area (Å²) in [5.74, 6) is 0.0577. The van der Waals surface area contributed by atoms with Crippen molar-refractivity contribution in [3.05, 3.63) is 92.4 Å². The third-order valence-corrected chi connectivity index (χ3v) is 5.58. The normalized spacial score (nSPS) is 11.9. The number of halogens is 1. The summed E-state index contributed by atoms with van der Waals surface area (Å²) in [5, 5.41) is 0.616. The fourth-order valence-corrected chi connectivity index (χ4v) is 3.90. The number of pyridine rings is 1. The molecular weight excluding hydrogens is 442 g/mol. The Bertz CT molecular complexity index is 1410. The summed E-state index contributed by atoms with van der Waals surface area (Å²) in [5.41, 5.74) is 3.20. The van der Waals surface area contributed by atoms with Gasteiger partial charge in [-0.15, -0.1) is 0 Å². The molecule has 0 fully saturated rings. The molecule has 168 valence electrons. The van der Waals surface area contributed by atoms with Crippen LogP contribution in [0.25, 0.3) is 22.3 Å². The lowest BCUT2D eigenvalue weighted by molar-refractivity contribution is 0.0586. The van der Waals surface area contributed by atoms with Crippen LogP contribution < -0.4 is 10.2 Å². The van der Waals surface area contributed by atoms with E-state index in [1.165, 1.54) is 13.2 Å². The van der Waals surface area contributed by atoms with Gasteiger partial charge in [0, 0.05) is 16.7 Å². The highest BCUT2D eigenvalue weighted by Gasteiger charge is 2.22. The van der Waals surface area contributed by atoms with Crippen LogP contribution in [0.5, 0.6) is 5.75 Å². The first-order valence-electron chi connectivity index (χ1n) is 10.3. The number of aromatic nitrogens is 1. The maximum absolute atomic E-state index is 13.2. The van der Waals surface area contributed by atoms with E-state index < -0.39 is 12.1 Å². The molecule has 1 atom stereocenters. The maximum Gasteiger partial charge on any atom is 0.360 e. The van der Waals surface area contributed by atoms with Crippen molar-refractivity contribution in [2.75, 3.05) is 7.11 Å². The van der Waals surface area contributed by atoms with E-state index in [4.69, 9.17) is 25.5 Å². The zero-order chi connectivity index (χ0) is 23.7. The van der Waals surface area contributed by atoms with Crippen LogP contribution in [0.2, 0.25) is 5.15 Å². The zero-order valence-electron chi connectivity index (χ0n) is 18.6. The average Bonchev–Trinajstić information content (AvgIpc) is 2.82. The molecule has 2 aromatic heterocycles. The first-order valence-corrected chi connectivity index (χ1v) is 10.7. The van der Waals surface area contributed by atoms with Gasteiger partial charge in [0.1, 0.15) is 22.6 Å². The summed E-state index contributed by atoms with van der Waals surface area (Å²) in [6, 6.07) is 16.3. The molecule has 0 amide bonds. The van der Waals surface area contributed by atoms with E-state index in [0.717, 1.165) is 11.1 Å². The average molecular weight is 464 g/mol. The predicted molar refractivity (Wildman–Crippen MR) is 127 cm³/mol. The first kappa shape index (κ1) is 22.6. The van der Waals surface area contributed by atoms with Gasteiger partial charge in [-0.2, -0.15) is 0 Å². The Kier molecular flexibility index (Phi) is 6.20. The van der Waals surface area contributed by atoms with Crippen LogP contribution >= 0.6 is 11.6 Å². The molecule has 4 aromatic rings. The van der Waals surface area contributed by atoms with Crippen LogP contribution in [-0.2, 0) is 4.74 Å². The lowest BCUT2D eigenvalue weighted by Gasteiger charge is -2.19. The number of methoxy groups -OCH3 is 1. The summed E-state index contributed by atoms with van der Waals surface area (Å²) in [7, 11) is 1.26. The molecule has 0 saturated carbocycles. The van der Waals surface area contributed by atoms with E-state index in [-0.39, 0.29) is 22.0 Å². The van der Waals surface area contributed by atoms with Crippen molar-refractivity contribution in [1.29, 1.82) is 0 Å². The summed E-state index contributed by atoms with van der Waals surface area (Å²) in [4.78, 5) is 29.5. The number of esters is 1. The Hall–Kier alpha value is -3.64. The minimum atomic E-state index is -0.665. The van der Waals surface area contributed by atoms with E-state index in [1.807, 2.05) is 56.3 Å². The number of benzene rings is 2. The fourth-order valence-electron chi connectivity index (χ4n) is 3.75. The topological polar surface area (TPSA) is 78.6 Å². The Balaban J connectivity index is 1.87. The molecule has 0 aliphatic heterocycles. The highest BCUT2D eigenvalue weighted by molar-refractivity contribution is 6.29. The molecule has 2 heterocycles. The second-order valence-electron chi connectivity index (χ2n) is 7.71. The minimum Gasteiger partial charge on any atom is -0.483 e. The van der Waals surface area contributed by atoms with Gasteiger partial charge in [-0.05, 0) is 50.6 Å². The van der Waals surface area contributed by atoms with Crippen molar-refractivity contribution < 1.29 is 18.7 Å². The summed E-state index contributed by atoms with van der Waals surface area (Å²) in [6.07, 6.45) is -0.576. The molecule has 0 radical (unpaired) electrons. The van der Waals surface area contributed by atoms with Crippen molar-refractivity contribution in [1.82, 2.24) is 4.98 Å². The molecule has 0 aliphatic carbocycles. The number of aryl methyl sites for hydroxylation is 1. The largest absolute Gasteiger partial charge is 0.483 e. The summed E-state index contributed by atoms with van der Waals surface area (Å²) >= 11 is 5.95. The lowest BCUT2D eigenvalue weighted by Crippen LogP contribution is -2.13. The van der Waals surface area contributed by atoms with Gasteiger partial charge in [-0.25, -0.2) is 9.78 Å². The smallest absolute Gasteiger partial charge is 0.360 e.